The minimum Gasteiger partial charge on any atom is -0.480 e. The summed E-state index contributed by atoms with van der Waals surface area (Å²) in [6, 6.07) is 3.47. The number of thiophene rings is 1. The van der Waals surface area contributed by atoms with Gasteiger partial charge in [0.2, 0.25) is 5.91 Å². The molecule has 0 atom stereocenters. The highest BCUT2D eigenvalue weighted by molar-refractivity contribution is 9.11. The van der Waals surface area contributed by atoms with Crippen molar-refractivity contribution in [3.63, 3.8) is 0 Å². The summed E-state index contributed by atoms with van der Waals surface area (Å²) in [6.45, 7) is -0.422. The highest BCUT2D eigenvalue weighted by Crippen LogP contribution is 2.27. The second-order valence-corrected chi connectivity index (χ2v) is 7.37. The molecular weight excluding hydrogens is 360 g/mol. The normalized spacial score (nSPS) is 13.8. The van der Waals surface area contributed by atoms with Crippen LogP contribution in [-0.4, -0.2) is 58.9 Å². The largest absolute Gasteiger partial charge is 0.480 e. The molecule has 2 amide bonds. The zero-order valence-corrected chi connectivity index (χ0v) is 13.8. The first-order chi connectivity index (χ1) is 9.88. The van der Waals surface area contributed by atoms with E-state index in [-0.39, 0.29) is 30.9 Å². The second-order valence-electron chi connectivity index (χ2n) is 4.91. The van der Waals surface area contributed by atoms with Crippen molar-refractivity contribution >= 4 is 45.1 Å². The highest BCUT2D eigenvalue weighted by atomic mass is 79.9. The lowest BCUT2D eigenvalue weighted by Crippen LogP contribution is -2.44. The van der Waals surface area contributed by atoms with E-state index in [0.29, 0.717) is 4.88 Å². The summed E-state index contributed by atoms with van der Waals surface area (Å²) in [5.74, 6) is -1.61. The summed E-state index contributed by atoms with van der Waals surface area (Å²) in [4.78, 5) is 38.3. The number of likely N-dealkylation sites (N-methyl/N-ethyl adjacent to an activating group) is 1. The van der Waals surface area contributed by atoms with Crippen LogP contribution in [-0.2, 0) is 9.59 Å². The molecule has 21 heavy (non-hydrogen) atoms. The highest BCUT2D eigenvalue weighted by Gasteiger charge is 2.34. The Kier molecular flexibility index (Phi) is 5.00. The fourth-order valence-corrected chi connectivity index (χ4v) is 3.32. The molecule has 8 heteroatoms. The van der Waals surface area contributed by atoms with Gasteiger partial charge in [-0.05, 0) is 40.9 Å². The van der Waals surface area contributed by atoms with Crippen LogP contribution in [0, 0.1) is 0 Å². The van der Waals surface area contributed by atoms with Gasteiger partial charge in [0, 0.05) is 13.1 Å². The van der Waals surface area contributed by atoms with Gasteiger partial charge in [-0.3, -0.25) is 14.4 Å². The van der Waals surface area contributed by atoms with E-state index in [9.17, 15) is 14.4 Å². The number of nitrogens with zero attached hydrogens (tertiary/aromatic N) is 2. The molecule has 1 aromatic rings. The zero-order chi connectivity index (χ0) is 15.6. The van der Waals surface area contributed by atoms with Gasteiger partial charge in [-0.2, -0.15) is 0 Å². The Balaban J connectivity index is 1.97. The average Bonchev–Trinajstić information content (AvgIpc) is 3.16. The topological polar surface area (TPSA) is 77.9 Å². The molecule has 0 bridgehead atoms. The van der Waals surface area contributed by atoms with Crippen LogP contribution in [0.25, 0.3) is 0 Å². The lowest BCUT2D eigenvalue weighted by Gasteiger charge is -2.23. The summed E-state index contributed by atoms with van der Waals surface area (Å²) in [5, 5.41) is 8.86. The van der Waals surface area contributed by atoms with Gasteiger partial charge >= 0.3 is 5.97 Å². The van der Waals surface area contributed by atoms with Crippen molar-refractivity contribution in [2.24, 2.45) is 0 Å². The Morgan fingerprint density at radius 2 is 2.00 bits per heavy atom. The van der Waals surface area contributed by atoms with Crippen molar-refractivity contribution in [3.05, 3.63) is 20.8 Å². The third-order valence-corrected chi connectivity index (χ3v) is 4.73. The number of carbonyl (C=O) groups excluding carboxylic acids is 2. The van der Waals surface area contributed by atoms with E-state index >= 15 is 0 Å². The van der Waals surface area contributed by atoms with Gasteiger partial charge in [-0.1, -0.05) is 0 Å². The summed E-state index contributed by atoms with van der Waals surface area (Å²) in [6.07, 6.45) is 1.66. The maximum atomic E-state index is 12.2. The van der Waals surface area contributed by atoms with Crippen molar-refractivity contribution in [2.75, 3.05) is 20.1 Å². The van der Waals surface area contributed by atoms with E-state index in [4.69, 9.17) is 5.11 Å². The molecule has 1 fully saturated rings. The van der Waals surface area contributed by atoms with Gasteiger partial charge in [0.05, 0.1) is 15.2 Å². The Hall–Kier alpha value is -1.41. The van der Waals surface area contributed by atoms with Gasteiger partial charge in [-0.25, -0.2) is 0 Å². The molecular formula is C13H15BrN2O4S. The number of amides is 2. The summed E-state index contributed by atoms with van der Waals surface area (Å²) < 4.78 is 0.844. The van der Waals surface area contributed by atoms with Crippen LogP contribution in [0.5, 0.6) is 0 Å². The Labute approximate surface area is 134 Å². The fraction of sp³-hybridized carbons (Fsp3) is 0.462. The van der Waals surface area contributed by atoms with Crippen molar-refractivity contribution in [1.82, 2.24) is 9.80 Å². The van der Waals surface area contributed by atoms with Crippen LogP contribution in [0.4, 0.5) is 0 Å². The third-order valence-electron chi connectivity index (χ3n) is 3.12. The monoisotopic (exact) mass is 374 g/mol. The standard InChI is InChI=1S/C13H15BrN2O4S/c1-15(13(20)9-4-5-10(14)21-9)6-11(17)16(7-12(18)19)8-2-3-8/h4-5,8H,2-3,6-7H2,1H3,(H,18,19). The number of carbonyl (C=O) groups is 3. The average molecular weight is 375 g/mol. The van der Waals surface area contributed by atoms with Gasteiger partial charge in [-0.15, -0.1) is 11.3 Å². The predicted octanol–water partition coefficient (Wildman–Crippen LogP) is 1.66. The molecule has 1 saturated carbocycles. The Morgan fingerprint density at radius 3 is 2.48 bits per heavy atom. The van der Waals surface area contributed by atoms with Crippen LogP contribution in [0.15, 0.2) is 15.9 Å². The van der Waals surface area contributed by atoms with E-state index in [0.717, 1.165) is 16.6 Å². The predicted molar refractivity (Wildman–Crippen MR) is 81.4 cm³/mol. The molecule has 1 aliphatic carbocycles. The molecule has 0 spiro atoms. The molecule has 0 aromatic carbocycles. The zero-order valence-electron chi connectivity index (χ0n) is 11.4. The quantitative estimate of drug-likeness (QED) is 0.821. The molecule has 0 saturated heterocycles. The number of hydrogen-bond acceptors (Lipinski definition) is 4. The number of rotatable bonds is 6. The van der Waals surface area contributed by atoms with E-state index in [1.54, 1.807) is 19.2 Å². The van der Waals surface area contributed by atoms with E-state index in [2.05, 4.69) is 15.9 Å². The lowest BCUT2D eigenvalue weighted by atomic mass is 10.3. The third kappa shape index (κ3) is 4.28. The minimum absolute atomic E-state index is 0.00739. The van der Waals surface area contributed by atoms with Gasteiger partial charge in [0.15, 0.2) is 0 Å². The number of carboxylic acid groups (broad SMARTS) is 1. The molecule has 1 aromatic heterocycles. The van der Waals surface area contributed by atoms with E-state index in [1.807, 2.05) is 0 Å². The number of hydrogen-bond donors (Lipinski definition) is 1. The van der Waals surface area contributed by atoms with Crippen molar-refractivity contribution < 1.29 is 19.5 Å². The first-order valence-electron chi connectivity index (χ1n) is 6.40. The molecule has 1 N–H and O–H groups in total. The van der Waals surface area contributed by atoms with Crippen molar-refractivity contribution in [1.29, 1.82) is 0 Å². The number of carboxylic acids is 1. The van der Waals surface area contributed by atoms with Crippen LogP contribution < -0.4 is 0 Å². The fourth-order valence-electron chi connectivity index (χ4n) is 1.94. The van der Waals surface area contributed by atoms with Gasteiger partial charge in [0.1, 0.15) is 6.54 Å². The smallest absolute Gasteiger partial charge is 0.323 e. The lowest BCUT2D eigenvalue weighted by molar-refractivity contribution is -0.145. The van der Waals surface area contributed by atoms with Crippen molar-refractivity contribution in [3.8, 4) is 0 Å². The second kappa shape index (κ2) is 6.57. The summed E-state index contributed by atoms with van der Waals surface area (Å²) in [5.41, 5.74) is 0. The van der Waals surface area contributed by atoms with Crippen molar-refractivity contribution in [2.45, 2.75) is 18.9 Å². The van der Waals surface area contributed by atoms with Crippen LogP contribution in [0.3, 0.4) is 0 Å². The number of halogens is 1. The minimum atomic E-state index is -1.04. The SMILES string of the molecule is CN(CC(=O)N(CC(=O)O)C1CC1)C(=O)c1ccc(Br)s1. The van der Waals surface area contributed by atoms with E-state index in [1.165, 1.54) is 21.1 Å². The van der Waals surface area contributed by atoms with E-state index < -0.39 is 5.97 Å². The molecule has 114 valence electrons. The van der Waals surface area contributed by atoms with Crippen LogP contribution in [0.1, 0.15) is 22.5 Å². The molecule has 1 heterocycles. The molecule has 0 radical (unpaired) electrons. The Morgan fingerprint density at radius 1 is 1.33 bits per heavy atom. The number of aliphatic carboxylic acids is 1. The van der Waals surface area contributed by atoms with Crippen LogP contribution >= 0.6 is 27.3 Å². The van der Waals surface area contributed by atoms with Gasteiger partial charge < -0.3 is 14.9 Å². The first kappa shape index (κ1) is 16.0. The maximum Gasteiger partial charge on any atom is 0.323 e. The van der Waals surface area contributed by atoms with Gasteiger partial charge in [0.25, 0.3) is 5.91 Å². The molecule has 2 rings (SSSR count). The Bertz CT molecular complexity index is 570. The maximum absolute atomic E-state index is 12.2. The summed E-state index contributed by atoms with van der Waals surface area (Å²) in [7, 11) is 1.54. The molecule has 0 aliphatic heterocycles. The van der Waals surface area contributed by atoms with Crippen LogP contribution in [0.2, 0.25) is 0 Å². The molecule has 6 nitrogen and oxygen atoms in total. The summed E-state index contributed by atoms with van der Waals surface area (Å²) >= 11 is 4.58. The molecule has 0 unspecified atom stereocenters. The first-order valence-corrected chi connectivity index (χ1v) is 8.01. The molecule has 1 aliphatic rings.